The smallest absolute Gasteiger partial charge is 0.322 e. The molecule has 128 valence electrons. The summed E-state index contributed by atoms with van der Waals surface area (Å²) in [5, 5.41) is 6.77. The lowest BCUT2D eigenvalue weighted by Crippen LogP contribution is -2.16. The number of benzene rings is 1. The number of aromatic nitrogens is 1. The summed E-state index contributed by atoms with van der Waals surface area (Å²) in [4.78, 5) is 15.2. The molecule has 3 N–H and O–H groups in total. The Morgan fingerprint density at radius 2 is 1.92 bits per heavy atom. The Labute approximate surface area is 139 Å². The standard InChI is InChI=1S/C13H9ClF3N3O3S/c14-11-10(4-7(6-19-11)13(15,16)17)12(21)20-8-2-1-3-9(5-8)24(18,22)23/h1-6H,(H,20,21)(H2,18,22,23). The van der Waals surface area contributed by atoms with Crippen LogP contribution in [0.25, 0.3) is 0 Å². The second-order valence-corrected chi connectivity index (χ2v) is 6.51. The average molecular weight is 380 g/mol. The van der Waals surface area contributed by atoms with Gasteiger partial charge >= 0.3 is 6.18 Å². The Bertz CT molecular complexity index is 901. The molecule has 0 saturated carbocycles. The number of nitrogens with two attached hydrogens (primary N) is 1. The van der Waals surface area contributed by atoms with Gasteiger partial charge in [-0.25, -0.2) is 18.5 Å². The molecule has 0 aliphatic rings. The Hall–Kier alpha value is -2.17. The number of halogens is 4. The molecular weight excluding hydrogens is 371 g/mol. The molecule has 0 unspecified atom stereocenters. The largest absolute Gasteiger partial charge is 0.417 e. The zero-order valence-electron chi connectivity index (χ0n) is 11.6. The number of anilines is 1. The summed E-state index contributed by atoms with van der Waals surface area (Å²) in [5.41, 5.74) is -1.64. The van der Waals surface area contributed by atoms with Crippen molar-refractivity contribution in [1.29, 1.82) is 0 Å². The van der Waals surface area contributed by atoms with Gasteiger partial charge in [0.15, 0.2) is 0 Å². The Morgan fingerprint density at radius 3 is 2.50 bits per heavy atom. The Morgan fingerprint density at radius 1 is 1.25 bits per heavy atom. The summed E-state index contributed by atoms with van der Waals surface area (Å²) in [5.74, 6) is -0.981. The summed E-state index contributed by atoms with van der Waals surface area (Å²) in [7, 11) is -4.00. The molecule has 6 nitrogen and oxygen atoms in total. The van der Waals surface area contributed by atoms with Crippen LogP contribution < -0.4 is 10.5 Å². The van der Waals surface area contributed by atoms with Crippen LogP contribution in [0.4, 0.5) is 18.9 Å². The molecular formula is C13H9ClF3N3O3S. The highest BCUT2D eigenvalue weighted by molar-refractivity contribution is 7.89. The highest BCUT2D eigenvalue weighted by Gasteiger charge is 2.32. The molecule has 1 heterocycles. The van der Waals surface area contributed by atoms with Crippen LogP contribution in [0.15, 0.2) is 41.4 Å². The van der Waals surface area contributed by atoms with E-state index in [1.165, 1.54) is 18.2 Å². The molecule has 0 bridgehead atoms. The molecule has 0 atom stereocenters. The summed E-state index contributed by atoms with van der Waals surface area (Å²) in [6.07, 6.45) is -4.19. The van der Waals surface area contributed by atoms with Crippen LogP contribution in [-0.4, -0.2) is 19.3 Å². The molecule has 2 aromatic rings. The first kappa shape index (κ1) is 18.2. The number of carbonyl (C=O) groups is 1. The van der Waals surface area contributed by atoms with E-state index in [9.17, 15) is 26.4 Å². The minimum absolute atomic E-state index is 0.0139. The monoisotopic (exact) mass is 379 g/mol. The van der Waals surface area contributed by atoms with Crippen molar-refractivity contribution < 1.29 is 26.4 Å². The first-order valence-corrected chi connectivity index (χ1v) is 8.08. The van der Waals surface area contributed by atoms with Gasteiger partial charge in [0.2, 0.25) is 10.0 Å². The van der Waals surface area contributed by atoms with E-state index in [0.717, 1.165) is 6.07 Å². The number of carbonyl (C=O) groups excluding carboxylic acids is 1. The van der Waals surface area contributed by atoms with Gasteiger partial charge in [0.1, 0.15) is 5.15 Å². The van der Waals surface area contributed by atoms with Gasteiger partial charge in [0, 0.05) is 11.9 Å². The molecule has 0 fully saturated rings. The SMILES string of the molecule is NS(=O)(=O)c1cccc(NC(=O)c2cc(C(F)(F)F)cnc2Cl)c1. The molecule has 1 aromatic carbocycles. The fraction of sp³-hybridized carbons (Fsp3) is 0.0769. The number of primary sulfonamides is 1. The highest BCUT2D eigenvalue weighted by atomic mass is 35.5. The van der Waals surface area contributed by atoms with Crippen LogP contribution >= 0.6 is 11.6 Å². The van der Waals surface area contributed by atoms with E-state index in [1.54, 1.807) is 0 Å². The topological polar surface area (TPSA) is 102 Å². The van der Waals surface area contributed by atoms with E-state index in [-0.39, 0.29) is 10.6 Å². The summed E-state index contributed by atoms with van der Waals surface area (Å²) < 4.78 is 60.6. The van der Waals surface area contributed by atoms with E-state index in [2.05, 4.69) is 10.3 Å². The number of alkyl halides is 3. The third kappa shape index (κ3) is 4.22. The number of rotatable bonds is 3. The molecule has 0 spiro atoms. The second-order valence-electron chi connectivity index (χ2n) is 4.59. The fourth-order valence-electron chi connectivity index (χ4n) is 1.71. The van der Waals surface area contributed by atoms with E-state index in [1.807, 2.05) is 0 Å². The van der Waals surface area contributed by atoms with Crippen LogP contribution in [0.1, 0.15) is 15.9 Å². The maximum absolute atomic E-state index is 12.7. The van der Waals surface area contributed by atoms with Gasteiger partial charge in [-0.3, -0.25) is 4.79 Å². The zero-order valence-corrected chi connectivity index (χ0v) is 13.2. The lowest BCUT2D eigenvalue weighted by molar-refractivity contribution is -0.137. The van der Waals surface area contributed by atoms with Crippen LogP contribution in [-0.2, 0) is 16.2 Å². The molecule has 0 aliphatic heterocycles. The van der Waals surface area contributed by atoms with Crippen molar-refractivity contribution in [1.82, 2.24) is 4.98 Å². The van der Waals surface area contributed by atoms with Gasteiger partial charge in [-0.2, -0.15) is 13.2 Å². The zero-order chi connectivity index (χ0) is 18.1. The number of amides is 1. The van der Waals surface area contributed by atoms with Crippen molar-refractivity contribution in [2.75, 3.05) is 5.32 Å². The van der Waals surface area contributed by atoms with E-state index in [0.29, 0.717) is 12.3 Å². The first-order chi connectivity index (χ1) is 11.0. The molecule has 1 aromatic heterocycles. The van der Waals surface area contributed by atoms with E-state index >= 15 is 0 Å². The molecule has 24 heavy (non-hydrogen) atoms. The van der Waals surface area contributed by atoms with E-state index in [4.69, 9.17) is 16.7 Å². The number of nitrogens with one attached hydrogen (secondary N) is 1. The predicted octanol–water partition coefficient (Wildman–Crippen LogP) is 2.65. The molecule has 0 radical (unpaired) electrons. The quantitative estimate of drug-likeness (QED) is 0.800. The number of nitrogens with zero attached hydrogens (tertiary/aromatic N) is 1. The van der Waals surface area contributed by atoms with Crippen molar-refractivity contribution in [3.63, 3.8) is 0 Å². The van der Waals surface area contributed by atoms with Gasteiger partial charge in [-0.15, -0.1) is 0 Å². The normalized spacial score (nSPS) is 12.0. The average Bonchev–Trinajstić information content (AvgIpc) is 2.45. The van der Waals surface area contributed by atoms with Gasteiger partial charge in [0.25, 0.3) is 5.91 Å². The summed E-state index contributed by atoms with van der Waals surface area (Å²) >= 11 is 5.66. The number of sulfonamides is 1. The Balaban J connectivity index is 2.34. The van der Waals surface area contributed by atoms with Crippen molar-refractivity contribution in [2.45, 2.75) is 11.1 Å². The molecule has 2 rings (SSSR count). The number of hydrogen-bond donors (Lipinski definition) is 2. The minimum Gasteiger partial charge on any atom is -0.322 e. The third-order valence-corrected chi connectivity index (χ3v) is 4.04. The second kappa shape index (κ2) is 6.38. The van der Waals surface area contributed by atoms with Gasteiger partial charge in [0.05, 0.1) is 16.0 Å². The summed E-state index contributed by atoms with van der Waals surface area (Å²) in [6, 6.07) is 5.45. The lowest BCUT2D eigenvalue weighted by Gasteiger charge is -2.10. The third-order valence-electron chi connectivity index (χ3n) is 2.83. The number of pyridine rings is 1. The predicted molar refractivity (Wildman–Crippen MR) is 80.0 cm³/mol. The molecule has 11 heteroatoms. The molecule has 1 amide bonds. The summed E-state index contributed by atoms with van der Waals surface area (Å²) in [6.45, 7) is 0. The highest BCUT2D eigenvalue weighted by Crippen LogP contribution is 2.30. The van der Waals surface area contributed by atoms with Crippen LogP contribution in [0.5, 0.6) is 0 Å². The maximum Gasteiger partial charge on any atom is 0.417 e. The first-order valence-electron chi connectivity index (χ1n) is 6.15. The van der Waals surface area contributed by atoms with Gasteiger partial charge in [-0.05, 0) is 24.3 Å². The minimum atomic E-state index is -4.69. The van der Waals surface area contributed by atoms with Gasteiger partial charge in [-0.1, -0.05) is 17.7 Å². The van der Waals surface area contributed by atoms with Crippen LogP contribution in [0.3, 0.4) is 0 Å². The fourth-order valence-corrected chi connectivity index (χ4v) is 2.46. The van der Waals surface area contributed by atoms with Gasteiger partial charge < -0.3 is 5.32 Å². The maximum atomic E-state index is 12.7. The molecule has 0 aliphatic carbocycles. The van der Waals surface area contributed by atoms with Crippen molar-refractivity contribution in [2.24, 2.45) is 5.14 Å². The molecule has 0 saturated heterocycles. The Kier molecular flexibility index (Phi) is 4.83. The van der Waals surface area contributed by atoms with Crippen molar-refractivity contribution >= 4 is 33.2 Å². The number of hydrogen-bond acceptors (Lipinski definition) is 4. The van der Waals surface area contributed by atoms with Crippen LogP contribution in [0, 0.1) is 0 Å². The van der Waals surface area contributed by atoms with Crippen LogP contribution in [0.2, 0.25) is 5.15 Å². The van der Waals surface area contributed by atoms with E-state index < -0.39 is 38.4 Å². The lowest BCUT2D eigenvalue weighted by atomic mass is 10.2. The van der Waals surface area contributed by atoms with Crippen molar-refractivity contribution in [3.8, 4) is 0 Å². The van der Waals surface area contributed by atoms with Crippen molar-refractivity contribution in [3.05, 3.63) is 52.8 Å².